The van der Waals surface area contributed by atoms with Gasteiger partial charge in [0.15, 0.2) is 5.75 Å². The van der Waals surface area contributed by atoms with Crippen LogP contribution in [0, 0.1) is 10.1 Å². The molecule has 2 aromatic rings. The second-order valence-corrected chi connectivity index (χ2v) is 6.80. The molecular weight excluding hydrogens is 397 g/mol. The first-order valence-electron chi connectivity index (χ1n) is 8.11. The number of ether oxygens (including phenoxy) is 1. The van der Waals surface area contributed by atoms with Crippen molar-refractivity contribution in [2.45, 2.75) is 0 Å². The third-order valence-electron chi connectivity index (χ3n) is 4.30. The maximum absolute atomic E-state index is 10.9. The Morgan fingerprint density at radius 1 is 1.15 bits per heavy atom. The zero-order chi connectivity index (χ0) is 19.6. The highest BCUT2D eigenvalue weighted by atomic mass is 35.5. The molecule has 1 heterocycles. The van der Waals surface area contributed by atoms with Gasteiger partial charge in [-0.2, -0.15) is 0 Å². The summed E-state index contributed by atoms with van der Waals surface area (Å²) in [5.74, 6) is -1.27. The van der Waals surface area contributed by atoms with Crippen molar-refractivity contribution >= 4 is 34.6 Å². The minimum absolute atomic E-state index is 0.109. The molecule has 0 aliphatic carbocycles. The fourth-order valence-electron chi connectivity index (χ4n) is 2.82. The Morgan fingerprint density at radius 3 is 2.52 bits per heavy atom. The summed E-state index contributed by atoms with van der Waals surface area (Å²) in [4.78, 5) is 14.3. The molecular formula is C17H17Cl2N3O5. The first kappa shape index (κ1) is 19.3. The molecule has 2 aromatic carbocycles. The first-order valence-corrected chi connectivity index (χ1v) is 8.87. The van der Waals surface area contributed by atoms with Crippen LogP contribution in [0.25, 0.3) is 0 Å². The van der Waals surface area contributed by atoms with Gasteiger partial charge in [-0.25, -0.2) is 0 Å². The van der Waals surface area contributed by atoms with E-state index in [0.29, 0.717) is 36.2 Å². The number of phenolic OH excluding ortho intramolecular Hbond substituents is 2. The molecule has 8 nitrogen and oxygen atoms in total. The number of piperazine rings is 1. The summed E-state index contributed by atoms with van der Waals surface area (Å²) in [6.07, 6.45) is 0. The van der Waals surface area contributed by atoms with Crippen molar-refractivity contribution in [1.29, 1.82) is 0 Å². The van der Waals surface area contributed by atoms with Crippen LogP contribution in [0.4, 0.5) is 11.4 Å². The lowest BCUT2D eigenvalue weighted by molar-refractivity contribution is -0.386. The van der Waals surface area contributed by atoms with Gasteiger partial charge < -0.3 is 19.8 Å². The van der Waals surface area contributed by atoms with Gasteiger partial charge in [0, 0.05) is 32.2 Å². The number of nitro groups is 1. The lowest BCUT2D eigenvalue weighted by atomic mass is 10.2. The van der Waals surface area contributed by atoms with Gasteiger partial charge in [-0.15, -0.1) is 0 Å². The Kier molecular flexibility index (Phi) is 5.79. The molecule has 1 aliphatic rings. The summed E-state index contributed by atoms with van der Waals surface area (Å²) in [5.41, 5.74) is 0.272. The van der Waals surface area contributed by atoms with E-state index in [2.05, 4.69) is 4.90 Å². The molecule has 10 heteroatoms. The molecule has 0 unspecified atom stereocenters. The van der Waals surface area contributed by atoms with E-state index in [1.165, 1.54) is 0 Å². The SMILES string of the molecule is O=[N+]([O-])c1cc(OCN2CCN(c3cccc(Cl)c3Cl)CC2)cc(O)c1O. The number of nitrogens with zero attached hydrogens (tertiary/aromatic N) is 3. The Hall–Kier alpha value is -2.42. The Bertz CT molecular complexity index is 857. The van der Waals surface area contributed by atoms with Crippen LogP contribution in [-0.2, 0) is 0 Å². The molecule has 0 amide bonds. The quantitative estimate of drug-likeness (QED) is 0.439. The molecule has 0 radical (unpaired) electrons. The number of halogens is 2. The fourth-order valence-corrected chi connectivity index (χ4v) is 3.24. The molecule has 0 spiro atoms. The van der Waals surface area contributed by atoms with Crippen LogP contribution in [0.15, 0.2) is 30.3 Å². The predicted molar refractivity (Wildman–Crippen MR) is 102 cm³/mol. The Labute approximate surface area is 165 Å². The average Bonchev–Trinajstić information content (AvgIpc) is 2.65. The monoisotopic (exact) mass is 413 g/mol. The smallest absolute Gasteiger partial charge is 0.318 e. The van der Waals surface area contributed by atoms with Crippen LogP contribution in [0.3, 0.4) is 0 Å². The molecule has 0 aromatic heterocycles. The van der Waals surface area contributed by atoms with Gasteiger partial charge in [-0.05, 0) is 12.1 Å². The largest absolute Gasteiger partial charge is 0.504 e. The minimum Gasteiger partial charge on any atom is -0.504 e. The van der Waals surface area contributed by atoms with Crippen LogP contribution in [0.1, 0.15) is 0 Å². The maximum atomic E-state index is 10.9. The normalized spacial score (nSPS) is 15.0. The number of aromatic hydroxyl groups is 2. The van der Waals surface area contributed by atoms with Crippen LogP contribution >= 0.6 is 23.2 Å². The molecule has 1 fully saturated rings. The number of hydrogen-bond acceptors (Lipinski definition) is 7. The van der Waals surface area contributed by atoms with Gasteiger partial charge >= 0.3 is 5.69 Å². The number of hydrogen-bond donors (Lipinski definition) is 2. The lowest BCUT2D eigenvalue weighted by Crippen LogP contribution is -2.47. The number of benzene rings is 2. The summed E-state index contributed by atoms with van der Waals surface area (Å²) < 4.78 is 5.54. The van der Waals surface area contributed by atoms with E-state index >= 15 is 0 Å². The molecule has 0 atom stereocenters. The zero-order valence-electron chi connectivity index (χ0n) is 14.1. The van der Waals surface area contributed by atoms with Crippen molar-refractivity contribution in [3.05, 3.63) is 50.5 Å². The predicted octanol–water partition coefficient (Wildman–Crippen LogP) is 3.47. The molecule has 1 aliphatic heterocycles. The van der Waals surface area contributed by atoms with Crippen LogP contribution in [0.2, 0.25) is 10.0 Å². The van der Waals surface area contributed by atoms with E-state index in [4.69, 9.17) is 27.9 Å². The molecule has 3 rings (SSSR count). The Morgan fingerprint density at radius 2 is 1.85 bits per heavy atom. The second kappa shape index (κ2) is 8.08. The van der Waals surface area contributed by atoms with Crippen molar-refractivity contribution < 1.29 is 19.9 Å². The summed E-state index contributed by atoms with van der Waals surface area (Å²) in [7, 11) is 0. The van der Waals surface area contributed by atoms with Gasteiger partial charge in [-0.3, -0.25) is 15.0 Å². The molecule has 2 N–H and O–H groups in total. The van der Waals surface area contributed by atoms with Crippen LogP contribution in [-0.4, -0.2) is 52.9 Å². The van der Waals surface area contributed by atoms with Crippen LogP contribution in [0.5, 0.6) is 17.2 Å². The number of anilines is 1. The van der Waals surface area contributed by atoms with Crippen molar-refractivity contribution in [3.8, 4) is 17.2 Å². The van der Waals surface area contributed by atoms with E-state index in [0.717, 1.165) is 17.8 Å². The van der Waals surface area contributed by atoms with Crippen molar-refractivity contribution in [3.63, 3.8) is 0 Å². The first-order chi connectivity index (χ1) is 12.9. The lowest BCUT2D eigenvalue weighted by Gasteiger charge is -2.36. The molecule has 144 valence electrons. The molecule has 0 saturated carbocycles. The van der Waals surface area contributed by atoms with E-state index < -0.39 is 22.1 Å². The minimum atomic E-state index is -0.782. The molecule has 0 bridgehead atoms. The molecule has 27 heavy (non-hydrogen) atoms. The standard InChI is InChI=1S/C17H17Cl2N3O5/c18-12-2-1-3-13(16(12)19)21-6-4-20(5-7-21)10-27-11-8-14(22(25)26)17(24)15(23)9-11/h1-3,8-9,23-24H,4-7,10H2. The highest BCUT2D eigenvalue weighted by molar-refractivity contribution is 6.43. The third kappa shape index (κ3) is 4.29. The van der Waals surface area contributed by atoms with Gasteiger partial charge in [-0.1, -0.05) is 29.3 Å². The van der Waals surface area contributed by atoms with Gasteiger partial charge in [0.25, 0.3) is 0 Å². The van der Waals surface area contributed by atoms with Crippen molar-refractivity contribution in [2.75, 3.05) is 37.8 Å². The number of nitro benzene ring substituents is 1. The van der Waals surface area contributed by atoms with E-state index in [9.17, 15) is 20.3 Å². The van der Waals surface area contributed by atoms with Crippen molar-refractivity contribution in [1.82, 2.24) is 4.90 Å². The van der Waals surface area contributed by atoms with E-state index in [1.54, 1.807) is 6.07 Å². The van der Waals surface area contributed by atoms with E-state index in [1.807, 2.05) is 17.0 Å². The summed E-state index contributed by atoms with van der Waals surface area (Å²) in [6.45, 7) is 3.00. The number of phenols is 2. The zero-order valence-corrected chi connectivity index (χ0v) is 15.7. The van der Waals surface area contributed by atoms with Gasteiger partial charge in [0.2, 0.25) is 5.75 Å². The van der Waals surface area contributed by atoms with Crippen LogP contribution < -0.4 is 9.64 Å². The summed E-state index contributed by atoms with van der Waals surface area (Å²) in [6, 6.07) is 7.73. The van der Waals surface area contributed by atoms with Crippen molar-refractivity contribution in [2.24, 2.45) is 0 Å². The topological polar surface area (TPSA) is 99.3 Å². The number of rotatable bonds is 5. The van der Waals surface area contributed by atoms with E-state index in [-0.39, 0.29) is 12.5 Å². The fraction of sp³-hybridized carbons (Fsp3) is 0.294. The van der Waals surface area contributed by atoms with Gasteiger partial charge in [0.05, 0.1) is 26.7 Å². The second-order valence-electron chi connectivity index (χ2n) is 6.02. The summed E-state index contributed by atoms with van der Waals surface area (Å²) >= 11 is 12.3. The Balaban J connectivity index is 1.59. The average molecular weight is 414 g/mol. The third-order valence-corrected chi connectivity index (χ3v) is 5.11. The molecule has 1 saturated heterocycles. The van der Waals surface area contributed by atoms with Gasteiger partial charge in [0.1, 0.15) is 12.5 Å². The summed E-state index contributed by atoms with van der Waals surface area (Å²) in [5, 5.41) is 31.0. The highest BCUT2D eigenvalue weighted by Crippen LogP contribution is 2.39. The highest BCUT2D eigenvalue weighted by Gasteiger charge is 2.22. The maximum Gasteiger partial charge on any atom is 0.318 e.